The maximum Gasteiger partial charge on any atom is 0.0750 e. The van der Waals surface area contributed by atoms with Gasteiger partial charge in [0, 0.05) is 13.2 Å². The van der Waals surface area contributed by atoms with Gasteiger partial charge in [-0.25, -0.2) is 0 Å². The van der Waals surface area contributed by atoms with Gasteiger partial charge in [-0.2, -0.15) is 0 Å². The van der Waals surface area contributed by atoms with E-state index in [0.29, 0.717) is 12.0 Å². The van der Waals surface area contributed by atoms with E-state index in [0.717, 1.165) is 6.42 Å². The summed E-state index contributed by atoms with van der Waals surface area (Å²) >= 11 is 0. The number of ether oxygens (including phenoxy) is 1. The largest absolute Gasteiger partial charge is 0.380 e. The van der Waals surface area contributed by atoms with Crippen LogP contribution in [0.1, 0.15) is 36.1 Å². The minimum absolute atomic E-state index is 0.241. The summed E-state index contributed by atoms with van der Waals surface area (Å²) in [5, 5.41) is 3.43. The van der Waals surface area contributed by atoms with E-state index < -0.39 is 0 Å². The van der Waals surface area contributed by atoms with Crippen molar-refractivity contribution in [2.45, 2.75) is 53.2 Å². The molecular formula is C17H29NO. The third-order valence-corrected chi connectivity index (χ3v) is 3.96. The standard InChI is InChI=1S/C17H29NO/c1-11(2)17(19-7)16(18-6)10-15-13(4)8-12(3)9-14(15)5/h8-9,11,16-18H,10H2,1-7H3. The fourth-order valence-corrected chi connectivity index (χ4v) is 3.04. The maximum atomic E-state index is 5.68. The highest BCUT2D eigenvalue weighted by molar-refractivity contribution is 5.38. The Morgan fingerprint density at radius 3 is 2.00 bits per heavy atom. The van der Waals surface area contributed by atoms with Crippen molar-refractivity contribution in [2.24, 2.45) is 5.92 Å². The Bertz CT molecular complexity index is 389. The zero-order valence-corrected chi connectivity index (χ0v) is 13.5. The summed E-state index contributed by atoms with van der Waals surface area (Å²) in [6, 6.07) is 4.89. The third-order valence-electron chi connectivity index (χ3n) is 3.96. The van der Waals surface area contributed by atoms with Crippen LogP contribution in [0.3, 0.4) is 0 Å². The normalized spacial score (nSPS) is 14.7. The van der Waals surface area contributed by atoms with Crippen LogP contribution >= 0.6 is 0 Å². The van der Waals surface area contributed by atoms with Gasteiger partial charge in [-0.3, -0.25) is 0 Å². The van der Waals surface area contributed by atoms with Crippen LogP contribution in [0.25, 0.3) is 0 Å². The molecule has 2 unspecified atom stereocenters. The summed E-state index contributed by atoms with van der Waals surface area (Å²) in [7, 11) is 3.84. The van der Waals surface area contributed by atoms with Crippen LogP contribution in [0.5, 0.6) is 0 Å². The van der Waals surface area contributed by atoms with Gasteiger partial charge in [0.2, 0.25) is 0 Å². The SMILES string of the molecule is CNC(Cc1c(C)cc(C)cc1C)C(OC)C(C)C. The molecule has 0 spiro atoms. The lowest BCUT2D eigenvalue weighted by molar-refractivity contribution is 0.0353. The van der Waals surface area contributed by atoms with Crippen molar-refractivity contribution in [1.82, 2.24) is 5.32 Å². The van der Waals surface area contributed by atoms with Gasteiger partial charge in [0.25, 0.3) is 0 Å². The lowest BCUT2D eigenvalue weighted by Crippen LogP contribution is -2.43. The number of hydrogen-bond donors (Lipinski definition) is 1. The Balaban J connectivity index is 2.99. The maximum absolute atomic E-state index is 5.68. The Hall–Kier alpha value is -0.860. The topological polar surface area (TPSA) is 21.3 Å². The predicted molar refractivity (Wildman–Crippen MR) is 82.8 cm³/mol. The van der Waals surface area contributed by atoms with Crippen LogP contribution in [0.4, 0.5) is 0 Å². The molecule has 0 bridgehead atoms. The minimum Gasteiger partial charge on any atom is -0.380 e. The van der Waals surface area contributed by atoms with E-state index in [1.165, 1.54) is 22.3 Å². The second-order valence-electron chi connectivity index (χ2n) is 5.92. The van der Waals surface area contributed by atoms with E-state index in [-0.39, 0.29) is 6.10 Å². The van der Waals surface area contributed by atoms with Crippen molar-refractivity contribution in [3.05, 3.63) is 34.4 Å². The lowest BCUT2D eigenvalue weighted by Gasteiger charge is -2.30. The summed E-state index contributed by atoms with van der Waals surface area (Å²) in [5.74, 6) is 0.508. The predicted octanol–water partition coefficient (Wildman–Crippen LogP) is 3.41. The van der Waals surface area contributed by atoms with Crippen molar-refractivity contribution in [2.75, 3.05) is 14.2 Å². The molecule has 0 aromatic heterocycles. The van der Waals surface area contributed by atoms with E-state index in [4.69, 9.17) is 4.74 Å². The minimum atomic E-state index is 0.241. The highest BCUT2D eigenvalue weighted by atomic mass is 16.5. The first-order valence-electron chi connectivity index (χ1n) is 7.17. The van der Waals surface area contributed by atoms with Gasteiger partial charge in [0.15, 0.2) is 0 Å². The second-order valence-corrected chi connectivity index (χ2v) is 5.92. The number of benzene rings is 1. The van der Waals surface area contributed by atoms with Crippen LogP contribution in [-0.4, -0.2) is 26.3 Å². The molecule has 1 aromatic rings. The lowest BCUT2D eigenvalue weighted by atomic mass is 9.89. The Morgan fingerprint density at radius 1 is 1.11 bits per heavy atom. The molecule has 0 fully saturated rings. The molecular weight excluding hydrogens is 234 g/mol. The molecule has 1 N–H and O–H groups in total. The third kappa shape index (κ3) is 4.05. The van der Waals surface area contributed by atoms with E-state index in [2.05, 4.69) is 52.1 Å². The summed E-state index contributed by atoms with van der Waals surface area (Å²) in [6.07, 6.45) is 1.26. The van der Waals surface area contributed by atoms with Gasteiger partial charge < -0.3 is 10.1 Å². The van der Waals surface area contributed by atoms with Gasteiger partial charge in [-0.1, -0.05) is 31.5 Å². The molecule has 0 heterocycles. The highest BCUT2D eigenvalue weighted by Gasteiger charge is 2.24. The molecule has 0 saturated heterocycles. The summed E-state index contributed by atoms with van der Waals surface area (Å²) < 4.78 is 5.68. The van der Waals surface area contributed by atoms with Gasteiger partial charge in [-0.15, -0.1) is 0 Å². The summed E-state index contributed by atoms with van der Waals surface area (Å²) in [4.78, 5) is 0. The van der Waals surface area contributed by atoms with Crippen molar-refractivity contribution < 1.29 is 4.74 Å². The van der Waals surface area contributed by atoms with E-state index in [9.17, 15) is 0 Å². The van der Waals surface area contributed by atoms with Gasteiger partial charge in [0.05, 0.1) is 6.10 Å². The average Bonchev–Trinajstić information content (AvgIpc) is 2.31. The number of methoxy groups -OCH3 is 1. The highest BCUT2D eigenvalue weighted by Crippen LogP contribution is 2.21. The van der Waals surface area contributed by atoms with Gasteiger partial charge in [-0.05, 0) is 56.8 Å². The van der Waals surface area contributed by atoms with Crippen LogP contribution in [-0.2, 0) is 11.2 Å². The second kappa shape index (κ2) is 7.06. The zero-order valence-electron chi connectivity index (χ0n) is 13.5. The van der Waals surface area contributed by atoms with E-state index >= 15 is 0 Å². The molecule has 0 aliphatic heterocycles. The number of hydrogen-bond acceptors (Lipinski definition) is 2. The Kier molecular flexibility index (Phi) is 6.02. The molecule has 0 aliphatic rings. The summed E-state index contributed by atoms with van der Waals surface area (Å²) in [5.41, 5.74) is 5.56. The molecule has 1 aromatic carbocycles. The molecule has 108 valence electrons. The van der Waals surface area contributed by atoms with Crippen molar-refractivity contribution in [1.29, 1.82) is 0 Å². The molecule has 19 heavy (non-hydrogen) atoms. The molecule has 0 radical (unpaired) electrons. The molecule has 2 heteroatoms. The van der Waals surface area contributed by atoms with Crippen molar-refractivity contribution >= 4 is 0 Å². The van der Waals surface area contributed by atoms with Crippen LogP contribution in [0.15, 0.2) is 12.1 Å². The zero-order chi connectivity index (χ0) is 14.6. The fraction of sp³-hybridized carbons (Fsp3) is 0.647. The first-order chi connectivity index (χ1) is 8.90. The van der Waals surface area contributed by atoms with Crippen LogP contribution in [0, 0.1) is 26.7 Å². The first-order valence-corrected chi connectivity index (χ1v) is 7.17. The fourth-order valence-electron chi connectivity index (χ4n) is 3.04. The van der Waals surface area contributed by atoms with Gasteiger partial charge >= 0.3 is 0 Å². The first kappa shape index (κ1) is 16.2. The number of nitrogens with one attached hydrogen (secondary N) is 1. The molecule has 2 nitrogen and oxygen atoms in total. The number of aryl methyl sites for hydroxylation is 3. The number of likely N-dealkylation sites (N-methyl/N-ethyl adjacent to an activating group) is 1. The van der Waals surface area contributed by atoms with Crippen molar-refractivity contribution in [3.63, 3.8) is 0 Å². The molecule has 1 rings (SSSR count). The summed E-state index contributed by atoms with van der Waals surface area (Å²) in [6.45, 7) is 11.0. The van der Waals surface area contributed by atoms with Gasteiger partial charge in [0.1, 0.15) is 0 Å². The molecule has 0 saturated carbocycles. The van der Waals surface area contributed by atoms with Crippen molar-refractivity contribution in [3.8, 4) is 0 Å². The molecule has 0 amide bonds. The van der Waals surface area contributed by atoms with Crippen LogP contribution in [0.2, 0.25) is 0 Å². The number of rotatable bonds is 6. The van der Waals surface area contributed by atoms with E-state index in [1.54, 1.807) is 0 Å². The van der Waals surface area contributed by atoms with E-state index in [1.807, 2.05) is 14.2 Å². The van der Waals surface area contributed by atoms with Crippen LogP contribution < -0.4 is 5.32 Å². The molecule has 2 atom stereocenters. The Morgan fingerprint density at radius 2 is 1.63 bits per heavy atom. The smallest absolute Gasteiger partial charge is 0.0750 e. The quantitative estimate of drug-likeness (QED) is 0.849. The Labute approximate surface area is 118 Å². The molecule has 0 aliphatic carbocycles. The monoisotopic (exact) mass is 263 g/mol. The average molecular weight is 263 g/mol.